The maximum atomic E-state index is 4.93. The molecule has 1 rings (SSSR count). The summed E-state index contributed by atoms with van der Waals surface area (Å²) >= 11 is 4.93. The second-order valence-corrected chi connectivity index (χ2v) is 2.73. The monoisotopic (exact) mass is 185 g/mol. The Morgan fingerprint density at radius 2 is 2.50 bits per heavy atom. The molecule has 0 aromatic carbocycles. The summed E-state index contributed by atoms with van der Waals surface area (Å²) in [5.74, 6) is 0.568. The van der Waals surface area contributed by atoms with Crippen LogP contribution in [0.5, 0.6) is 0 Å². The molecule has 0 saturated heterocycles. The van der Waals surface area contributed by atoms with Gasteiger partial charge in [-0.3, -0.25) is 0 Å². The quantitative estimate of drug-likeness (QED) is 0.680. The van der Waals surface area contributed by atoms with Gasteiger partial charge in [0.05, 0.1) is 5.69 Å². The molecule has 1 aromatic rings. The number of hydrogen-bond donors (Lipinski definition) is 2. The molecule has 0 aliphatic carbocycles. The Bertz CT molecular complexity index is 271. The first-order valence-electron chi connectivity index (χ1n) is 3.70. The average Bonchev–Trinajstić information content (AvgIpc) is 2.36. The predicted molar refractivity (Wildman–Crippen MR) is 51.1 cm³/mol. The highest BCUT2D eigenvalue weighted by molar-refractivity contribution is 7.80. The van der Waals surface area contributed by atoms with Crippen LogP contribution in [0.1, 0.15) is 12.6 Å². The van der Waals surface area contributed by atoms with Gasteiger partial charge in [-0.15, -0.1) is 0 Å². The topological polar surface area (TPSA) is 50.1 Å². The van der Waals surface area contributed by atoms with Gasteiger partial charge in [0.15, 0.2) is 5.11 Å². The molecule has 0 fully saturated rings. The molecular weight excluding hydrogens is 174 g/mol. The number of nitrogens with one attached hydrogen (secondary N) is 2. The number of anilines is 1. The average molecular weight is 185 g/mol. The molecule has 2 N–H and O–H groups in total. The van der Waals surface area contributed by atoms with Crippen LogP contribution in [0.2, 0.25) is 0 Å². The minimum absolute atomic E-state index is 0.550. The minimum Gasteiger partial charge on any atom is -0.363 e. The van der Waals surface area contributed by atoms with E-state index in [-0.39, 0.29) is 0 Å². The third kappa shape index (κ3) is 2.50. The summed E-state index contributed by atoms with van der Waals surface area (Å²) in [5.41, 5.74) is 0.830. The van der Waals surface area contributed by atoms with E-state index < -0.39 is 0 Å². The number of aromatic nitrogens is 1. The van der Waals surface area contributed by atoms with E-state index in [1.54, 1.807) is 6.07 Å². The highest BCUT2D eigenvalue weighted by Crippen LogP contribution is 2.07. The molecule has 0 bridgehead atoms. The van der Waals surface area contributed by atoms with Crippen LogP contribution in [0, 0.1) is 6.92 Å². The van der Waals surface area contributed by atoms with E-state index in [1.807, 2.05) is 13.8 Å². The van der Waals surface area contributed by atoms with E-state index >= 15 is 0 Å². The van der Waals surface area contributed by atoms with Gasteiger partial charge >= 0.3 is 0 Å². The summed E-state index contributed by atoms with van der Waals surface area (Å²) < 4.78 is 4.89. The van der Waals surface area contributed by atoms with Crippen molar-refractivity contribution in [2.24, 2.45) is 0 Å². The molecule has 0 aliphatic heterocycles. The maximum absolute atomic E-state index is 4.93. The van der Waals surface area contributed by atoms with Crippen LogP contribution >= 0.6 is 12.2 Å². The first kappa shape index (κ1) is 8.99. The van der Waals surface area contributed by atoms with Crippen molar-refractivity contribution in [3.8, 4) is 0 Å². The highest BCUT2D eigenvalue weighted by Gasteiger charge is 2.00. The predicted octanol–water partition coefficient (Wildman–Crippen LogP) is 1.29. The Labute approximate surface area is 76.3 Å². The van der Waals surface area contributed by atoms with E-state index in [4.69, 9.17) is 16.7 Å². The third-order valence-corrected chi connectivity index (χ3v) is 1.45. The van der Waals surface area contributed by atoms with Crippen LogP contribution in [0.3, 0.4) is 0 Å². The van der Waals surface area contributed by atoms with Crippen molar-refractivity contribution < 1.29 is 4.52 Å². The zero-order valence-electron chi connectivity index (χ0n) is 7.05. The molecule has 12 heavy (non-hydrogen) atoms. The fourth-order valence-electron chi connectivity index (χ4n) is 0.739. The van der Waals surface area contributed by atoms with Crippen molar-refractivity contribution >= 4 is 23.2 Å². The first-order chi connectivity index (χ1) is 5.72. The zero-order valence-corrected chi connectivity index (χ0v) is 7.86. The van der Waals surface area contributed by atoms with E-state index in [1.165, 1.54) is 0 Å². The smallest absolute Gasteiger partial charge is 0.231 e. The summed E-state index contributed by atoms with van der Waals surface area (Å²) in [6.07, 6.45) is 0. The van der Waals surface area contributed by atoms with Crippen LogP contribution in [-0.2, 0) is 0 Å². The van der Waals surface area contributed by atoms with Crippen molar-refractivity contribution in [1.29, 1.82) is 0 Å². The lowest BCUT2D eigenvalue weighted by molar-refractivity contribution is 0.430. The van der Waals surface area contributed by atoms with Gasteiger partial charge in [-0.05, 0) is 26.1 Å². The normalized spacial score (nSPS) is 9.50. The van der Waals surface area contributed by atoms with Gasteiger partial charge in [0, 0.05) is 12.6 Å². The highest BCUT2D eigenvalue weighted by atomic mass is 32.1. The molecule has 66 valence electrons. The number of hydrogen-bond acceptors (Lipinski definition) is 3. The zero-order chi connectivity index (χ0) is 8.97. The molecule has 0 aliphatic rings. The van der Waals surface area contributed by atoms with Gasteiger partial charge in [-0.1, -0.05) is 5.16 Å². The van der Waals surface area contributed by atoms with E-state index in [2.05, 4.69) is 15.8 Å². The Morgan fingerprint density at radius 3 is 3.00 bits per heavy atom. The van der Waals surface area contributed by atoms with Gasteiger partial charge in [0.2, 0.25) is 5.88 Å². The van der Waals surface area contributed by atoms with Crippen molar-refractivity contribution in [3.63, 3.8) is 0 Å². The van der Waals surface area contributed by atoms with Gasteiger partial charge in [0.25, 0.3) is 0 Å². The molecule has 1 aromatic heterocycles. The van der Waals surface area contributed by atoms with Crippen molar-refractivity contribution in [2.45, 2.75) is 13.8 Å². The van der Waals surface area contributed by atoms with Crippen molar-refractivity contribution in [1.82, 2.24) is 10.5 Å². The lowest BCUT2D eigenvalue weighted by Gasteiger charge is -2.03. The Balaban J connectivity index is 2.46. The molecule has 0 unspecified atom stereocenters. The number of aryl methyl sites for hydroxylation is 1. The molecule has 0 saturated carbocycles. The molecule has 0 spiro atoms. The lowest BCUT2D eigenvalue weighted by Crippen LogP contribution is -2.27. The molecule has 0 atom stereocenters. The van der Waals surface area contributed by atoms with Gasteiger partial charge < -0.3 is 15.2 Å². The summed E-state index contributed by atoms with van der Waals surface area (Å²) in [6.45, 7) is 4.61. The summed E-state index contributed by atoms with van der Waals surface area (Å²) in [5, 5.41) is 10.0. The number of rotatable bonds is 2. The Kier molecular flexibility index (Phi) is 3.04. The van der Waals surface area contributed by atoms with Crippen LogP contribution in [0.4, 0.5) is 5.88 Å². The van der Waals surface area contributed by atoms with E-state index in [9.17, 15) is 0 Å². The molecule has 5 heteroatoms. The lowest BCUT2D eigenvalue weighted by atomic mass is 10.5. The minimum atomic E-state index is 0.550. The standard InChI is InChI=1S/C7H11N3OS/c1-3-8-7(12)9-6-4-5(2)10-11-6/h4H,3H2,1-2H3,(H2,8,9,12). The molecular formula is C7H11N3OS. The second-order valence-electron chi connectivity index (χ2n) is 2.32. The van der Waals surface area contributed by atoms with Crippen LogP contribution in [-0.4, -0.2) is 16.8 Å². The molecule has 0 radical (unpaired) electrons. The molecule has 1 heterocycles. The van der Waals surface area contributed by atoms with E-state index in [0.29, 0.717) is 11.0 Å². The second kappa shape index (κ2) is 4.06. The summed E-state index contributed by atoms with van der Waals surface area (Å²) in [6, 6.07) is 1.78. The SMILES string of the molecule is CCNC(=S)Nc1cc(C)no1. The van der Waals surface area contributed by atoms with Crippen LogP contribution < -0.4 is 10.6 Å². The van der Waals surface area contributed by atoms with Crippen LogP contribution in [0.15, 0.2) is 10.6 Å². The number of nitrogens with zero attached hydrogens (tertiary/aromatic N) is 1. The largest absolute Gasteiger partial charge is 0.363 e. The summed E-state index contributed by atoms with van der Waals surface area (Å²) in [7, 11) is 0. The Hall–Kier alpha value is -1.10. The van der Waals surface area contributed by atoms with Gasteiger partial charge in [0.1, 0.15) is 0 Å². The fourth-order valence-corrected chi connectivity index (χ4v) is 0.984. The van der Waals surface area contributed by atoms with Crippen LogP contribution in [0.25, 0.3) is 0 Å². The maximum Gasteiger partial charge on any atom is 0.231 e. The van der Waals surface area contributed by atoms with Crippen molar-refractivity contribution in [2.75, 3.05) is 11.9 Å². The first-order valence-corrected chi connectivity index (χ1v) is 4.11. The Morgan fingerprint density at radius 1 is 1.75 bits per heavy atom. The molecule has 4 nitrogen and oxygen atoms in total. The number of thiocarbonyl (C=S) groups is 1. The molecule has 0 amide bonds. The van der Waals surface area contributed by atoms with Crippen molar-refractivity contribution in [3.05, 3.63) is 11.8 Å². The summed E-state index contributed by atoms with van der Waals surface area (Å²) in [4.78, 5) is 0. The fraction of sp³-hybridized carbons (Fsp3) is 0.429. The van der Waals surface area contributed by atoms with Gasteiger partial charge in [-0.2, -0.15) is 0 Å². The van der Waals surface area contributed by atoms with E-state index in [0.717, 1.165) is 12.2 Å². The van der Waals surface area contributed by atoms with Gasteiger partial charge in [-0.25, -0.2) is 0 Å². The third-order valence-electron chi connectivity index (χ3n) is 1.20.